The summed E-state index contributed by atoms with van der Waals surface area (Å²) in [6.07, 6.45) is 2.94. The van der Waals surface area contributed by atoms with Crippen LogP contribution in [-0.4, -0.2) is 42.4 Å². The molecular formula is C20H22N2O5. The number of carbonyl (C=O) groups excluding carboxylic acids is 3. The number of anilines is 1. The molecule has 1 unspecified atom stereocenters. The molecule has 1 atom stereocenters. The first-order valence-electron chi connectivity index (χ1n) is 8.99. The zero-order valence-electron chi connectivity index (χ0n) is 15.1. The number of piperidine rings is 1. The minimum Gasteiger partial charge on any atom is -0.466 e. The Balaban J connectivity index is 1.61. The summed E-state index contributed by atoms with van der Waals surface area (Å²) in [5.41, 5.74) is 1.08. The van der Waals surface area contributed by atoms with E-state index in [9.17, 15) is 14.4 Å². The number of esters is 1. The molecule has 0 spiro atoms. The van der Waals surface area contributed by atoms with Crippen LogP contribution in [0.5, 0.6) is 0 Å². The lowest BCUT2D eigenvalue weighted by Gasteiger charge is -2.31. The number of benzene rings is 1. The number of nitrogens with one attached hydrogen (secondary N) is 1. The molecule has 0 bridgehead atoms. The van der Waals surface area contributed by atoms with Gasteiger partial charge in [0, 0.05) is 24.3 Å². The maximum absolute atomic E-state index is 12.7. The van der Waals surface area contributed by atoms with Crippen molar-refractivity contribution in [3.63, 3.8) is 0 Å². The van der Waals surface area contributed by atoms with E-state index in [0.29, 0.717) is 30.9 Å². The zero-order chi connectivity index (χ0) is 19.2. The molecule has 142 valence electrons. The quantitative estimate of drug-likeness (QED) is 0.818. The van der Waals surface area contributed by atoms with Gasteiger partial charge in [-0.1, -0.05) is 0 Å². The van der Waals surface area contributed by atoms with Gasteiger partial charge in [0.05, 0.1) is 18.8 Å². The molecule has 0 radical (unpaired) electrons. The van der Waals surface area contributed by atoms with Crippen LogP contribution >= 0.6 is 0 Å². The van der Waals surface area contributed by atoms with Gasteiger partial charge in [0.25, 0.3) is 11.8 Å². The van der Waals surface area contributed by atoms with E-state index < -0.39 is 0 Å². The lowest BCUT2D eigenvalue weighted by molar-refractivity contribution is -0.149. The predicted octanol–water partition coefficient (Wildman–Crippen LogP) is 2.95. The molecule has 2 amide bonds. The molecule has 7 nitrogen and oxygen atoms in total. The van der Waals surface area contributed by atoms with Crippen LogP contribution in [0.3, 0.4) is 0 Å². The number of rotatable bonds is 5. The van der Waals surface area contributed by atoms with Crippen molar-refractivity contribution < 1.29 is 23.5 Å². The van der Waals surface area contributed by atoms with Gasteiger partial charge in [-0.15, -0.1) is 0 Å². The first kappa shape index (κ1) is 18.7. The van der Waals surface area contributed by atoms with E-state index in [0.717, 1.165) is 12.8 Å². The van der Waals surface area contributed by atoms with Crippen LogP contribution < -0.4 is 5.32 Å². The van der Waals surface area contributed by atoms with Crippen LogP contribution in [-0.2, 0) is 9.53 Å². The van der Waals surface area contributed by atoms with Crippen LogP contribution in [0.1, 0.15) is 40.7 Å². The largest absolute Gasteiger partial charge is 0.466 e. The highest BCUT2D eigenvalue weighted by Gasteiger charge is 2.29. The SMILES string of the molecule is CCOC(=O)C1CCCN(C(=O)c2ccc(NC(=O)c3ccco3)cc2)C1. The topological polar surface area (TPSA) is 88.9 Å². The van der Waals surface area contributed by atoms with Crippen LogP contribution in [0, 0.1) is 5.92 Å². The highest BCUT2D eigenvalue weighted by molar-refractivity contribution is 6.02. The van der Waals surface area contributed by atoms with E-state index in [1.165, 1.54) is 6.26 Å². The van der Waals surface area contributed by atoms with Gasteiger partial charge in [0.15, 0.2) is 5.76 Å². The summed E-state index contributed by atoms with van der Waals surface area (Å²) in [6.45, 7) is 3.10. The lowest BCUT2D eigenvalue weighted by Crippen LogP contribution is -2.42. The van der Waals surface area contributed by atoms with Gasteiger partial charge >= 0.3 is 5.97 Å². The zero-order valence-corrected chi connectivity index (χ0v) is 15.1. The molecule has 2 aromatic rings. The van der Waals surface area contributed by atoms with E-state index in [-0.39, 0.29) is 29.5 Å². The Morgan fingerprint density at radius 1 is 1.22 bits per heavy atom. The number of carbonyl (C=O) groups is 3. The predicted molar refractivity (Wildman–Crippen MR) is 98.4 cm³/mol. The first-order valence-corrected chi connectivity index (χ1v) is 8.99. The number of nitrogens with zero attached hydrogens (tertiary/aromatic N) is 1. The Morgan fingerprint density at radius 2 is 2.00 bits per heavy atom. The highest BCUT2D eigenvalue weighted by Crippen LogP contribution is 2.21. The summed E-state index contributed by atoms with van der Waals surface area (Å²) < 4.78 is 10.1. The van der Waals surface area contributed by atoms with Crippen molar-refractivity contribution in [2.45, 2.75) is 19.8 Å². The van der Waals surface area contributed by atoms with Crippen molar-refractivity contribution in [3.8, 4) is 0 Å². The fraction of sp³-hybridized carbons (Fsp3) is 0.350. The summed E-state index contributed by atoms with van der Waals surface area (Å²) in [5, 5.41) is 2.71. The van der Waals surface area contributed by atoms with E-state index >= 15 is 0 Å². The molecule has 27 heavy (non-hydrogen) atoms. The molecule has 1 aromatic carbocycles. The molecular weight excluding hydrogens is 348 g/mol. The average Bonchev–Trinajstić information content (AvgIpc) is 3.23. The van der Waals surface area contributed by atoms with Crippen molar-refractivity contribution in [1.82, 2.24) is 4.90 Å². The molecule has 2 heterocycles. The van der Waals surface area contributed by atoms with Crippen molar-refractivity contribution in [2.24, 2.45) is 5.92 Å². The number of amides is 2. The lowest BCUT2D eigenvalue weighted by atomic mass is 9.97. The van der Waals surface area contributed by atoms with E-state index in [4.69, 9.17) is 9.15 Å². The first-order chi connectivity index (χ1) is 13.1. The van der Waals surface area contributed by atoms with Gasteiger partial charge in [-0.2, -0.15) is 0 Å². The van der Waals surface area contributed by atoms with Crippen LogP contribution in [0.25, 0.3) is 0 Å². The van der Waals surface area contributed by atoms with E-state index in [2.05, 4.69) is 5.32 Å². The third-order valence-corrected chi connectivity index (χ3v) is 4.46. The third kappa shape index (κ3) is 4.55. The van der Waals surface area contributed by atoms with Gasteiger partial charge in [0.1, 0.15) is 0 Å². The standard InChI is InChI=1S/C20H22N2O5/c1-2-26-20(25)15-5-3-11-22(13-15)19(24)14-7-9-16(10-8-14)21-18(23)17-6-4-12-27-17/h4,6-10,12,15H,2-3,5,11,13H2,1H3,(H,21,23). The summed E-state index contributed by atoms with van der Waals surface area (Å²) in [4.78, 5) is 38.3. The van der Waals surface area contributed by atoms with Crippen molar-refractivity contribution >= 4 is 23.5 Å². The van der Waals surface area contributed by atoms with Gasteiger partial charge in [0.2, 0.25) is 0 Å². The third-order valence-electron chi connectivity index (χ3n) is 4.46. The number of furan rings is 1. The van der Waals surface area contributed by atoms with Crippen molar-refractivity contribution in [2.75, 3.05) is 25.0 Å². The van der Waals surface area contributed by atoms with Crippen molar-refractivity contribution in [3.05, 3.63) is 54.0 Å². The number of ether oxygens (including phenoxy) is 1. The van der Waals surface area contributed by atoms with Crippen molar-refractivity contribution in [1.29, 1.82) is 0 Å². The van der Waals surface area contributed by atoms with E-state index in [1.54, 1.807) is 48.2 Å². The second-order valence-corrected chi connectivity index (χ2v) is 6.35. The highest BCUT2D eigenvalue weighted by atomic mass is 16.5. The molecule has 1 saturated heterocycles. The molecule has 1 N–H and O–H groups in total. The van der Waals surface area contributed by atoms with Gasteiger partial charge in [-0.3, -0.25) is 14.4 Å². The Morgan fingerprint density at radius 3 is 2.67 bits per heavy atom. The molecule has 1 aliphatic heterocycles. The fourth-order valence-electron chi connectivity index (χ4n) is 3.09. The molecule has 1 aliphatic rings. The smallest absolute Gasteiger partial charge is 0.310 e. The monoisotopic (exact) mass is 370 g/mol. The van der Waals surface area contributed by atoms with Gasteiger partial charge in [-0.05, 0) is 56.2 Å². The fourth-order valence-corrected chi connectivity index (χ4v) is 3.09. The summed E-state index contributed by atoms with van der Waals surface area (Å²) in [5.74, 6) is -0.783. The molecule has 1 aromatic heterocycles. The minimum atomic E-state index is -0.354. The van der Waals surface area contributed by atoms with Crippen LogP contribution in [0.15, 0.2) is 47.1 Å². The number of likely N-dealkylation sites (tertiary alicyclic amines) is 1. The Hall–Kier alpha value is -3.09. The van der Waals surface area contributed by atoms with E-state index in [1.807, 2.05) is 0 Å². The maximum atomic E-state index is 12.7. The second kappa shape index (κ2) is 8.53. The number of hydrogen-bond acceptors (Lipinski definition) is 5. The Bertz CT molecular complexity index is 798. The summed E-state index contributed by atoms with van der Waals surface area (Å²) in [7, 11) is 0. The number of hydrogen-bond donors (Lipinski definition) is 1. The minimum absolute atomic E-state index is 0.132. The van der Waals surface area contributed by atoms with Gasteiger partial charge < -0.3 is 19.4 Å². The van der Waals surface area contributed by atoms with Gasteiger partial charge in [-0.25, -0.2) is 0 Å². The average molecular weight is 370 g/mol. The molecule has 0 saturated carbocycles. The second-order valence-electron chi connectivity index (χ2n) is 6.35. The molecule has 3 rings (SSSR count). The molecule has 7 heteroatoms. The summed E-state index contributed by atoms with van der Waals surface area (Å²) >= 11 is 0. The van der Waals surface area contributed by atoms with Crippen LogP contribution in [0.4, 0.5) is 5.69 Å². The molecule has 0 aliphatic carbocycles. The Labute approximate surface area is 157 Å². The van der Waals surface area contributed by atoms with Crippen LogP contribution in [0.2, 0.25) is 0 Å². The summed E-state index contributed by atoms with van der Waals surface area (Å²) in [6, 6.07) is 9.87. The molecule has 1 fully saturated rings. The Kier molecular flexibility index (Phi) is 5.90. The maximum Gasteiger partial charge on any atom is 0.310 e. The normalized spacial score (nSPS) is 16.6.